The van der Waals surface area contributed by atoms with Gasteiger partial charge in [0.2, 0.25) is 5.91 Å². The summed E-state index contributed by atoms with van der Waals surface area (Å²) in [6.07, 6.45) is -0.613. The van der Waals surface area contributed by atoms with Crippen LogP contribution in [-0.2, 0) is 4.79 Å². The lowest BCUT2D eigenvalue weighted by Gasteiger charge is -2.21. The van der Waals surface area contributed by atoms with Crippen LogP contribution in [0.1, 0.15) is 30.8 Å². The molecule has 1 aliphatic heterocycles. The van der Waals surface area contributed by atoms with Crippen molar-refractivity contribution in [3.8, 4) is 5.75 Å². The normalized spacial score (nSPS) is 15.0. The highest BCUT2D eigenvalue weighted by Crippen LogP contribution is 2.37. The zero-order valence-corrected chi connectivity index (χ0v) is 19.0. The maximum absolute atomic E-state index is 13.2. The predicted molar refractivity (Wildman–Crippen MR) is 132 cm³/mol. The molecule has 2 amide bonds. The van der Waals surface area contributed by atoms with Gasteiger partial charge in [-0.15, -0.1) is 0 Å². The van der Waals surface area contributed by atoms with Crippen molar-refractivity contribution in [2.45, 2.75) is 19.4 Å². The van der Waals surface area contributed by atoms with Gasteiger partial charge in [0.25, 0.3) is 5.69 Å². The fourth-order valence-electron chi connectivity index (χ4n) is 4.05. The van der Waals surface area contributed by atoms with Gasteiger partial charge in [-0.25, -0.2) is 9.78 Å². The lowest BCUT2D eigenvalue weighted by Crippen LogP contribution is -2.30. The SMILES string of the molecule is CC(=O)Nc1ccc(OC(=O)N2N=C(c3nc4ccccc4[nH]3)CC2c2ccccc2[N+](=O)[O-])cc1. The van der Waals surface area contributed by atoms with Crippen molar-refractivity contribution in [2.24, 2.45) is 5.10 Å². The second-order valence-corrected chi connectivity index (χ2v) is 8.10. The molecule has 1 aliphatic rings. The highest BCUT2D eigenvalue weighted by molar-refractivity contribution is 6.02. The molecular weight excluding hydrogens is 464 g/mol. The summed E-state index contributed by atoms with van der Waals surface area (Å²) in [7, 11) is 0. The zero-order valence-electron chi connectivity index (χ0n) is 19.0. The molecule has 5 rings (SSSR count). The van der Waals surface area contributed by atoms with Crippen LogP contribution >= 0.6 is 0 Å². The Balaban J connectivity index is 1.48. The van der Waals surface area contributed by atoms with Crippen molar-refractivity contribution >= 4 is 40.1 Å². The Hall–Kier alpha value is -5.06. The fourth-order valence-corrected chi connectivity index (χ4v) is 4.05. The van der Waals surface area contributed by atoms with Gasteiger partial charge >= 0.3 is 6.09 Å². The summed E-state index contributed by atoms with van der Waals surface area (Å²) in [6, 6.07) is 19.2. The number of benzene rings is 3. The molecular formula is C25H20N6O5. The highest BCUT2D eigenvalue weighted by Gasteiger charge is 2.38. The van der Waals surface area contributed by atoms with Gasteiger partial charge in [-0.3, -0.25) is 14.9 Å². The second kappa shape index (κ2) is 9.29. The lowest BCUT2D eigenvalue weighted by atomic mass is 10.00. The molecule has 0 saturated heterocycles. The van der Waals surface area contributed by atoms with Crippen LogP contribution in [0.25, 0.3) is 11.0 Å². The van der Waals surface area contributed by atoms with Crippen LogP contribution in [0, 0.1) is 10.1 Å². The van der Waals surface area contributed by atoms with Crippen molar-refractivity contribution < 1.29 is 19.2 Å². The van der Waals surface area contributed by atoms with E-state index in [0.717, 1.165) is 16.0 Å². The Morgan fingerprint density at radius 1 is 1.08 bits per heavy atom. The van der Waals surface area contributed by atoms with E-state index >= 15 is 0 Å². The number of aromatic amines is 1. The van der Waals surface area contributed by atoms with E-state index in [1.54, 1.807) is 30.3 Å². The molecule has 2 N–H and O–H groups in total. The number of rotatable bonds is 5. The van der Waals surface area contributed by atoms with Gasteiger partial charge in [0.15, 0.2) is 5.82 Å². The largest absolute Gasteiger partial charge is 0.436 e. The molecule has 0 saturated carbocycles. The minimum Gasteiger partial charge on any atom is -0.409 e. The molecule has 0 spiro atoms. The van der Waals surface area contributed by atoms with E-state index in [4.69, 9.17) is 4.74 Å². The number of hydrazone groups is 1. The number of hydrogen-bond donors (Lipinski definition) is 2. The summed E-state index contributed by atoms with van der Waals surface area (Å²) >= 11 is 0. The number of anilines is 1. The smallest absolute Gasteiger partial charge is 0.409 e. The minimum atomic E-state index is -0.809. The van der Waals surface area contributed by atoms with Gasteiger partial charge in [-0.2, -0.15) is 10.1 Å². The molecule has 1 unspecified atom stereocenters. The number of nitro benzene ring substituents is 1. The van der Waals surface area contributed by atoms with Gasteiger partial charge in [0.05, 0.1) is 27.6 Å². The first kappa shape index (κ1) is 22.7. The molecule has 11 heteroatoms. The zero-order chi connectivity index (χ0) is 25.2. The van der Waals surface area contributed by atoms with Gasteiger partial charge in [-0.05, 0) is 42.5 Å². The molecule has 1 aromatic heterocycles. The molecule has 2 heterocycles. The molecule has 180 valence electrons. The van der Waals surface area contributed by atoms with Gasteiger partial charge in [0.1, 0.15) is 11.5 Å². The van der Waals surface area contributed by atoms with Crippen LogP contribution in [0.2, 0.25) is 0 Å². The first-order valence-electron chi connectivity index (χ1n) is 11.0. The maximum Gasteiger partial charge on any atom is 0.436 e. The van der Waals surface area contributed by atoms with Crippen LogP contribution < -0.4 is 10.1 Å². The number of imidazole rings is 1. The van der Waals surface area contributed by atoms with E-state index in [1.807, 2.05) is 24.3 Å². The first-order chi connectivity index (χ1) is 17.4. The molecule has 11 nitrogen and oxygen atoms in total. The number of nitro groups is 1. The van der Waals surface area contributed by atoms with Crippen LogP contribution in [0.3, 0.4) is 0 Å². The number of carbonyl (C=O) groups is 2. The molecule has 0 aliphatic carbocycles. The number of fused-ring (bicyclic) bond motifs is 1. The summed E-state index contributed by atoms with van der Waals surface area (Å²) in [5.41, 5.74) is 2.76. The lowest BCUT2D eigenvalue weighted by molar-refractivity contribution is -0.385. The number of amides is 2. The first-order valence-corrected chi connectivity index (χ1v) is 11.0. The van der Waals surface area contributed by atoms with Crippen LogP contribution in [-0.4, -0.2) is 37.6 Å². The molecule has 3 aromatic carbocycles. The van der Waals surface area contributed by atoms with Crippen molar-refractivity contribution in [3.63, 3.8) is 0 Å². The van der Waals surface area contributed by atoms with E-state index in [-0.39, 0.29) is 23.8 Å². The average molecular weight is 484 g/mol. The van der Waals surface area contributed by atoms with Crippen molar-refractivity contribution in [1.29, 1.82) is 0 Å². The summed E-state index contributed by atoms with van der Waals surface area (Å²) in [5.74, 6) is 0.467. The Morgan fingerprint density at radius 3 is 2.53 bits per heavy atom. The molecule has 4 aromatic rings. The number of nitrogens with one attached hydrogen (secondary N) is 2. The van der Waals surface area contributed by atoms with Gasteiger partial charge < -0.3 is 15.0 Å². The third-order valence-electron chi connectivity index (χ3n) is 5.63. The molecule has 36 heavy (non-hydrogen) atoms. The van der Waals surface area contributed by atoms with Crippen LogP contribution in [0.5, 0.6) is 5.75 Å². The Labute approximate surface area is 204 Å². The fraction of sp³-hybridized carbons (Fsp3) is 0.120. The summed E-state index contributed by atoms with van der Waals surface area (Å²) in [6.45, 7) is 1.39. The standard InChI is InChI=1S/C25H20N6O5/c1-15(32)26-16-10-12-17(13-11-16)36-25(33)30-23(18-6-2-5-9-22(18)31(34)35)14-21(29-30)24-27-19-7-3-4-8-20(19)28-24/h2-13,23H,14H2,1H3,(H,26,32)(H,27,28). The topological polar surface area (TPSA) is 143 Å². The van der Waals surface area contributed by atoms with E-state index in [1.165, 1.54) is 25.1 Å². The summed E-state index contributed by atoms with van der Waals surface area (Å²) in [5, 5.41) is 19.9. The number of aromatic nitrogens is 2. The number of hydrogen-bond acceptors (Lipinski definition) is 7. The number of nitrogens with zero attached hydrogens (tertiary/aromatic N) is 4. The van der Waals surface area contributed by atoms with E-state index in [9.17, 15) is 19.7 Å². The quantitative estimate of drug-likeness (QED) is 0.308. The Kier molecular flexibility index (Phi) is 5.87. The summed E-state index contributed by atoms with van der Waals surface area (Å²) < 4.78 is 5.52. The Morgan fingerprint density at radius 2 is 1.81 bits per heavy atom. The van der Waals surface area contributed by atoms with Crippen LogP contribution in [0.15, 0.2) is 77.9 Å². The van der Waals surface area contributed by atoms with Crippen molar-refractivity contribution in [1.82, 2.24) is 15.0 Å². The second-order valence-electron chi connectivity index (χ2n) is 8.10. The highest BCUT2D eigenvalue weighted by atomic mass is 16.6. The van der Waals surface area contributed by atoms with E-state index in [2.05, 4.69) is 20.4 Å². The monoisotopic (exact) mass is 484 g/mol. The molecule has 0 bridgehead atoms. The van der Waals surface area contributed by atoms with E-state index < -0.39 is 17.1 Å². The maximum atomic E-state index is 13.2. The van der Waals surface area contributed by atoms with Crippen molar-refractivity contribution in [2.75, 3.05) is 5.32 Å². The molecule has 1 atom stereocenters. The molecule has 0 fully saturated rings. The number of H-pyrrole nitrogens is 1. The van der Waals surface area contributed by atoms with Crippen LogP contribution in [0.4, 0.5) is 16.2 Å². The number of para-hydroxylation sites is 3. The van der Waals surface area contributed by atoms with Gasteiger partial charge in [-0.1, -0.05) is 24.3 Å². The number of carbonyl (C=O) groups excluding carboxylic acids is 2. The molecule has 0 radical (unpaired) electrons. The minimum absolute atomic E-state index is 0.124. The third kappa shape index (κ3) is 4.49. The Bertz CT molecular complexity index is 1480. The van der Waals surface area contributed by atoms with Gasteiger partial charge in [0, 0.05) is 25.1 Å². The van der Waals surface area contributed by atoms with Crippen molar-refractivity contribution in [3.05, 3.63) is 94.3 Å². The summed E-state index contributed by atoms with van der Waals surface area (Å²) in [4.78, 5) is 43.4. The third-order valence-corrected chi connectivity index (χ3v) is 5.63. The average Bonchev–Trinajstić information content (AvgIpc) is 3.49. The number of ether oxygens (including phenoxy) is 1. The van der Waals surface area contributed by atoms with E-state index in [0.29, 0.717) is 22.8 Å². The predicted octanol–water partition coefficient (Wildman–Crippen LogP) is 4.78.